The molecule has 12 heteroatoms. The average Bonchev–Trinajstić information content (AvgIpc) is 3.75. The number of rotatable bonds is 7. The second kappa shape index (κ2) is 12.2. The number of piperidine rings is 1. The fraction of sp³-hybridized carbons (Fsp3) is 0.344. The molecule has 44 heavy (non-hydrogen) atoms. The summed E-state index contributed by atoms with van der Waals surface area (Å²) < 4.78 is 1.69. The number of H-pyrrole nitrogens is 1. The van der Waals surface area contributed by atoms with E-state index in [1.54, 1.807) is 26.6 Å². The van der Waals surface area contributed by atoms with Crippen molar-refractivity contribution in [1.82, 2.24) is 35.2 Å². The van der Waals surface area contributed by atoms with Crippen LogP contribution in [0.5, 0.6) is 0 Å². The van der Waals surface area contributed by atoms with E-state index in [4.69, 9.17) is 11.6 Å². The first-order valence-electron chi connectivity index (χ1n) is 14.6. The van der Waals surface area contributed by atoms with Gasteiger partial charge in [0.2, 0.25) is 17.7 Å². The fourth-order valence-corrected chi connectivity index (χ4v) is 6.67. The molecule has 0 spiro atoms. The monoisotopic (exact) mass is 615 g/mol. The predicted octanol–water partition coefficient (Wildman–Crippen LogP) is 2.47. The van der Waals surface area contributed by atoms with Crippen LogP contribution in [-0.4, -0.2) is 88.0 Å². The van der Waals surface area contributed by atoms with Crippen LogP contribution in [0.15, 0.2) is 60.8 Å². The standard InChI is InChI=1S/C32H34ClN7O4/c1-34-29(41)14-36-31(43)25-18-39(30(42)10-20-13-35-26-11-22(33)8-9-23(20)26)15-21-16-40(17-24(21)25)32(44)27-12-28(38(2)37-27)19-6-4-3-5-7-19/h3-9,11-13,21,24-25,35H,10,14-18H2,1-2H3,(H,34,41)(H,36,43). The van der Waals surface area contributed by atoms with Crippen molar-refractivity contribution in [3.05, 3.63) is 77.1 Å². The van der Waals surface area contributed by atoms with Gasteiger partial charge in [-0.05, 0) is 41.2 Å². The van der Waals surface area contributed by atoms with E-state index >= 15 is 0 Å². The van der Waals surface area contributed by atoms with Crippen molar-refractivity contribution < 1.29 is 19.2 Å². The van der Waals surface area contributed by atoms with Crippen LogP contribution in [-0.2, 0) is 27.9 Å². The van der Waals surface area contributed by atoms with E-state index < -0.39 is 5.92 Å². The van der Waals surface area contributed by atoms with Crippen LogP contribution >= 0.6 is 11.6 Å². The maximum absolute atomic E-state index is 13.7. The summed E-state index contributed by atoms with van der Waals surface area (Å²) in [6, 6.07) is 17.0. The van der Waals surface area contributed by atoms with Crippen LogP contribution < -0.4 is 10.6 Å². The van der Waals surface area contributed by atoms with E-state index in [9.17, 15) is 19.2 Å². The quantitative estimate of drug-likeness (QED) is 0.294. The van der Waals surface area contributed by atoms with Crippen LogP contribution in [0.4, 0.5) is 0 Å². The minimum Gasteiger partial charge on any atom is -0.361 e. The van der Waals surface area contributed by atoms with Crippen LogP contribution in [0.1, 0.15) is 16.1 Å². The highest BCUT2D eigenvalue weighted by atomic mass is 35.5. The topological polar surface area (TPSA) is 132 Å². The van der Waals surface area contributed by atoms with Gasteiger partial charge in [0.05, 0.1) is 24.6 Å². The average molecular weight is 616 g/mol. The number of benzene rings is 2. The molecule has 3 atom stereocenters. The molecule has 0 radical (unpaired) electrons. The predicted molar refractivity (Wildman–Crippen MR) is 166 cm³/mol. The zero-order valence-corrected chi connectivity index (χ0v) is 25.3. The summed E-state index contributed by atoms with van der Waals surface area (Å²) in [4.78, 5) is 59.3. The van der Waals surface area contributed by atoms with Crippen molar-refractivity contribution in [3.63, 3.8) is 0 Å². The van der Waals surface area contributed by atoms with Crippen LogP contribution in [0.25, 0.3) is 22.2 Å². The van der Waals surface area contributed by atoms with Gasteiger partial charge in [-0.3, -0.25) is 23.9 Å². The molecule has 4 amide bonds. The molecule has 0 saturated carbocycles. The molecule has 4 aromatic rings. The van der Waals surface area contributed by atoms with E-state index in [-0.39, 0.29) is 55.0 Å². The Morgan fingerprint density at radius 3 is 2.55 bits per heavy atom. The van der Waals surface area contributed by atoms with Gasteiger partial charge >= 0.3 is 0 Å². The minimum absolute atomic E-state index is 0.105. The van der Waals surface area contributed by atoms with Gasteiger partial charge in [-0.2, -0.15) is 5.10 Å². The van der Waals surface area contributed by atoms with Gasteiger partial charge < -0.3 is 25.4 Å². The third-order valence-corrected chi connectivity index (χ3v) is 9.03. The maximum Gasteiger partial charge on any atom is 0.274 e. The first kappa shape index (κ1) is 29.4. The lowest BCUT2D eigenvalue weighted by molar-refractivity contribution is -0.139. The van der Waals surface area contributed by atoms with Gasteiger partial charge in [0.15, 0.2) is 5.69 Å². The molecule has 2 saturated heterocycles. The second-order valence-electron chi connectivity index (χ2n) is 11.5. The highest BCUT2D eigenvalue weighted by Crippen LogP contribution is 2.37. The van der Waals surface area contributed by atoms with Crippen molar-refractivity contribution in [3.8, 4) is 11.3 Å². The Balaban J connectivity index is 1.21. The van der Waals surface area contributed by atoms with E-state index in [1.165, 1.54) is 7.05 Å². The molecule has 0 bridgehead atoms. The van der Waals surface area contributed by atoms with Gasteiger partial charge in [0.25, 0.3) is 5.91 Å². The number of nitrogens with one attached hydrogen (secondary N) is 3. The Morgan fingerprint density at radius 1 is 1.00 bits per heavy atom. The smallest absolute Gasteiger partial charge is 0.274 e. The first-order chi connectivity index (χ1) is 21.2. The van der Waals surface area contributed by atoms with Gasteiger partial charge in [-0.15, -0.1) is 0 Å². The lowest BCUT2D eigenvalue weighted by Crippen LogP contribution is -2.54. The summed E-state index contributed by atoms with van der Waals surface area (Å²) in [6.07, 6.45) is 1.97. The maximum atomic E-state index is 13.7. The number of aromatic amines is 1. The third-order valence-electron chi connectivity index (χ3n) is 8.80. The number of likely N-dealkylation sites (tertiary alicyclic amines) is 2. The third kappa shape index (κ3) is 5.79. The Bertz CT molecular complexity index is 1730. The molecular formula is C32H34ClN7O4. The number of nitrogens with zero attached hydrogens (tertiary/aromatic N) is 4. The summed E-state index contributed by atoms with van der Waals surface area (Å²) in [5, 5.41) is 11.3. The Hall–Kier alpha value is -4.64. The highest BCUT2D eigenvalue weighted by Gasteiger charge is 2.48. The summed E-state index contributed by atoms with van der Waals surface area (Å²) in [7, 11) is 3.31. The van der Waals surface area contributed by atoms with Gasteiger partial charge in [-0.1, -0.05) is 48.0 Å². The Morgan fingerprint density at radius 2 is 1.77 bits per heavy atom. The van der Waals surface area contributed by atoms with E-state index in [2.05, 4.69) is 20.7 Å². The normalized spacial score (nSPS) is 19.6. The molecule has 4 heterocycles. The zero-order valence-electron chi connectivity index (χ0n) is 24.5. The van der Waals surface area contributed by atoms with Crippen molar-refractivity contribution in [2.45, 2.75) is 6.42 Å². The highest BCUT2D eigenvalue weighted by molar-refractivity contribution is 6.31. The number of fused-ring (bicyclic) bond motifs is 2. The van der Waals surface area contributed by atoms with E-state index in [0.717, 1.165) is 27.7 Å². The molecule has 3 unspecified atom stereocenters. The Labute approximate surface area is 259 Å². The molecular weight excluding hydrogens is 582 g/mol. The number of carbonyl (C=O) groups is 4. The van der Waals surface area contributed by atoms with Crippen molar-refractivity contribution in [2.24, 2.45) is 24.8 Å². The Kier molecular flexibility index (Phi) is 8.13. The number of carbonyl (C=O) groups excluding carboxylic acids is 4. The minimum atomic E-state index is -0.578. The molecule has 11 nitrogen and oxygen atoms in total. The lowest BCUT2D eigenvalue weighted by Gasteiger charge is -2.39. The molecule has 2 fully saturated rings. The number of halogens is 1. The number of aromatic nitrogens is 3. The first-order valence-corrected chi connectivity index (χ1v) is 15.0. The van der Waals surface area contributed by atoms with Gasteiger partial charge in [0.1, 0.15) is 0 Å². The molecule has 2 aromatic carbocycles. The number of likely N-dealkylation sites (N-methyl/N-ethyl adjacent to an activating group) is 1. The number of hydrogen-bond donors (Lipinski definition) is 3. The van der Waals surface area contributed by atoms with Crippen LogP contribution in [0, 0.1) is 17.8 Å². The summed E-state index contributed by atoms with van der Waals surface area (Å²) in [5.41, 5.74) is 3.81. The summed E-state index contributed by atoms with van der Waals surface area (Å²) in [6.45, 7) is 1.24. The fourth-order valence-electron chi connectivity index (χ4n) is 6.50. The summed E-state index contributed by atoms with van der Waals surface area (Å²) >= 11 is 6.13. The van der Waals surface area contributed by atoms with Gasteiger partial charge in [0, 0.05) is 62.4 Å². The van der Waals surface area contributed by atoms with Crippen LogP contribution in [0.3, 0.4) is 0 Å². The molecule has 2 aliphatic rings. The van der Waals surface area contributed by atoms with Crippen molar-refractivity contribution >= 4 is 46.1 Å². The molecule has 0 aliphatic carbocycles. The largest absolute Gasteiger partial charge is 0.361 e. The van der Waals surface area contributed by atoms with Gasteiger partial charge in [-0.25, -0.2) is 0 Å². The number of hydrogen-bond acceptors (Lipinski definition) is 5. The van der Waals surface area contributed by atoms with Crippen molar-refractivity contribution in [1.29, 1.82) is 0 Å². The zero-order chi connectivity index (χ0) is 31.0. The number of amides is 4. The molecule has 2 aliphatic heterocycles. The lowest BCUT2D eigenvalue weighted by atomic mass is 9.79. The molecule has 2 aromatic heterocycles. The second-order valence-corrected chi connectivity index (χ2v) is 12.0. The van der Waals surface area contributed by atoms with E-state index in [1.807, 2.05) is 55.7 Å². The van der Waals surface area contributed by atoms with Crippen LogP contribution in [0.2, 0.25) is 5.02 Å². The SMILES string of the molecule is CNC(=O)CNC(=O)C1CN(C(=O)Cc2c[nH]c3cc(Cl)ccc23)CC2CN(C(=O)c3cc(-c4ccccc4)n(C)n3)CC21. The molecule has 6 rings (SSSR count). The molecule has 228 valence electrons. The number of aryl methyl sites for hydroxylation is 1. The van der Waals surface area contributed by atoms with E-state index in [0.29, 0.717) is 30.4 Å². The molecule has 3 N–H and O–H groups in total. The summed E-state index contributed by atoms with van der Waals surface area (Å²) in [5.74, 6) is -1.79. The van der Waals surface area contributed by atoms with Crippen molar-refractivity contribution in [2.75, 3.05) is 39.8 Å².